The van der Waals surface area contributed by atoms with Gasteiger partial charge in [0.2, 0.25) is 0 Å². The summed E-state index contributed by atoms with van der Waals surface area (Å²) < 4.78 is 44.5. The van der Waals surface area contributed by atoms with Crippen LogP contribution in [0.25, 0.3) is 11.1 Å². The molecule has 4 rings (SSSR count). The van der Waals surface area contributed by atoms with E-state index in [2.05, 4.69) is 15.2 Å². The Kier molecular flexibility index (Phi) is 5.36. The summed E-state index contributed by atoms with van der Waals surface area (Å²) in [5, 5.41) is 20.0. The van der Waals surface area contributed by atoms with E-state index < -0.39 is 23.3 Å². The highest BCUT2D eigenvalue weighted by Gasteiger charge is 2.40. The number of hydrogen-bond donors (Lipinski definition) is 1. The van der Waals surface area contributed by atoms with Crippen LogP contribution in [-0.4, -0.2) is 29.7 Å². The fraction of sp³-hybridized carbons (Fsp3) is 0.227. The number of aliphatic hydroxyl groups is 1. The molecule has 0 amide bonds. The summed E-state index contributed by atoms with van der Waals surface area (Å²) >= 11 is 0. The normalized spacial score (nSPS) is 14.4. The predicted octanol–water partition coefficient (Wildman–Crippen LogP) is 4.02. The molecule has 1 N–H and O–H groups in total. The Labute approximate surface area is 176 Å². The second kappa shape index (κ2) is 7.99. The van der Waals surface area contributed by atoms with E-state index in [9.17, 15) is 18.3 Å². The van der Waals surface area contributed by atoms with Crippen LogP contribution in [0, 0.1) is 24.4 Å². The first-order valence-electron chi connectivity index (χ1n) is 9.59. The van der Waals surface area contributed by atoms with Gasteiger partial charge in [-0.2, -0.15) is 10.2 Å². The molecule has 160 valence electrons. The summed E-state index contributed by atoms with van der Waals surface area (Å²) in [5.41, 5.74) is 0.313. The van der Waals surface area contributed by atoms with E-state index in [0.717, 1.165) is 23.3 Å². The van der Waals surface area contributed by atoms with E-state index in [1.165, 1.54) is 40.2 Å². The van der Waals surface area contributed by atoms with E-state index in [-0.39, 0.29) is 17.9 Å². The molecule has 4 aromatic rings. The third-order valence-electron chi connectivity index (χ3n) is 5.46. The Morgan fingerprint density at radius 2 is 1.81 bits per heavy atom. The van der Waals surface area contributed by atoms with Crippen LogP contribution in [0.4, 0.5) is 13.2 Å². The van der Waals surface area contributed by atoms with Crippen molar-refractivity contribution >= 4 is 0 Å². The van der Waals surface area contributed by atoms with Gasteiger partial charge in [0, 0.05) is 23.4 Å². The molecule has 2 aromatic carbocycles. The quantitative estimate of drug-likeness (QED) is 0.505. The molecule has 0 saturated carbocycles. The number of nitrogens with zero attached hydrogens (tertiary/aromatic N) is 5. The van der Waals surface area contributed by atoms with Crippen LogP contribution >= 0.6 is 0 Å². The van der Waals surface area contributed by atoms with Crippen molar-refractivity contribution in [3.63, 3.8) is 0 Å². The highest BCUT2D eigenvalue weighted by atomic mass is 19.1. The van der Waals surface area contributed by atoms with Crippen molar-refractivity contribution in [3.05, 3.63) is 90.0 Å². The zero-order chi connectivity index (χ0) is 22.2. The minimum Gasteiger partial charge on any atom is -0.381 e. The van der Waals surface area contributed by atoms with Gasteiger partial charge in [0.25, 0.3) is 0 Å². The number of hydrogen-bond acceptors (Lipinski definition) is 4. The number of aromatic nitrogens is 5. The lowest BCUT2D eigenvalue weighted by atomic mass is 9.86. The van der Waals surface area contributed by atoms with Gasteiger partial charge in [0.1, 0.15) is 35.7 Å². The Hall–Kier alpha value is -3.46. The minimum atomic E-state index is -1.83. The average Bonchev–Trinajstić information content (AvgIpc) is 3.39. The van der Waals surface area contributed by atoms with E-state index in [1.54, 1.807) is 32.3 Å². The summed E-state index contributed by atoms with van der Waals surface area (Å²) in [7, 11) is 0. The van der Waals surface area contributed by atoms with Gasteiger partial charge in [-0.25, -0.2) is 22.8 Å². The Balaban J connectivity index is 1.76. The third-order valence-corrected chi connectivity index (χ3v) is 5.46. The van der Waals surface area contributed by atoms with Crippen LogP contribution in [0.1, 0.15) is 24.1 Å². The van der Waals surface area contributed by atoms with Gasteiger partial charge in [-0.05, 0) is 43.2 Å². The fourth-order valence-corrected chi connectivity index (χ4v) is 3.70. The van der Waals surface area contributed by atoms with Crippen LogP contribution in [-0.2, 0) is 12.1 Å². The topological polar surface area (TPSA) is 68.8 Å². The van der Waals surface area contributed by atoms with Crippen LogP contribution in [0.3, 0.4) is 0 Å². The van der Waals surface area contributed by atoms with Crippen LogP contribution in [0.2, 0.25) is 0 Å². The van der Waals surface area contributed by atoms with E-state index in [1.807, 2.05) is 0 Å². The highest BCUT2D eigenvalue weighted by Crippen LogP contribution is 2.37. The first kappa shape index (κ1) is 20.8. The maximum absolute atomic E-state index is 14.7. The molecule has 0 aliphatic heterocycles. The molecule has 0 spiro atoms. The third kappa shape index (κ3) is 3.96. The molecule has 2 heterocycles. The molecular weight excluding hydrogens is 407 g/mol. The molecule has 2 atom stereocenters. The standard InChI is InChI=1S/C22H20F3N5O/c1-14-7-17(23)3-5-19(14)16-9-27-30(10-16)15(2)22(31,11-29-13-26-12-28-29)20-6-4-18(24)8-21(20)25/h3-10,12-13,15,31H,11H2,1-2H3/t15-,22-/m1/s1. The van der Waals surface area contributed by atoms with Crippen LogP contribution < -0.4 is 0 Å². The molecular formula is C22H20F3N5O. The summed E-state index contributed by atoms with van der Waals surface area (Å²) in [4.78, 5) is 3.86. The van der Waals surface area contributed by atoms with E-state index in [0.29, 0.717) is 5.56 Å². The highest BCUT2D eigenvalue weighted by molar-refractivity contribution is 5.65. The largest absolute Gasteiger partial charge is 0.381 e. The second-order valence-corrected chi connectivity index (χ2v) is 7.49. The van der Waals surface area contributed by atoms with Crippen molar-refractivity contribution in [2.24, 2.45) is 0 Å². The molecule has 2 aromatic heterocycles. The number of aryl methyl sites for hydroxylation is 1. The zero-order valence-corrected chi connectivity index (χ0v) is 16.9. The molecule has 0 fully saturated rings. The van der Waals surface area contributed by atoms with Crippen molar-refractivity contribution in [2.45, 2.75) is 32.0 Å². The first-order chi connectivity index (χ1) is 14.8. The minimum absolute atomic E-state index is 0.0908. The lowest BCUT2D eigenvalue weighted by Gasteiger charge is -2.34. The Morgan fingerprint density at radius 3 is 2.48 bits per heavy atom. The van der Waals surface area contributed by atoms with Crippen LogP contribution in [0.5, 0.6) is 0 Å². The molecule has 0 radical (unpaired) electrons. The van der Waals surface area contributed by atoms with Gasteiger partial charge in [0.05, 0.1) is 18.8 Å². The lowest BCUT2D eigenvalue weighted by molar-refractivity contribution is -0.0368. The van der Waals surface area contributed by atoms with Gasteiger partial charge in [-0.1, -0.05) is 12.1 Å². The van der Waals surface area contributed by atoms with Crippen molar-refractivity contribution in [1.29, 1.82) is 0 Å². The van der Waals surface area contributed by atoms with Crippen molar-refractivity contribution in [3.8, 4) is 11.1 Å². The summed E-state index contributed by atoms with van der Waals surface area (Å²) in [6.07, 6.45) is 5.98. The molecule has 0 aliphatic rings. The molecule has 0 bridgehead atoms. The maximum atomic E-state index is 14.7. The smallest absolute Gasteiger partial charge is 0.137 e. The molecule has 0 unspecified atom stereocenters. The van der Waals surface area contributed by atoms with E-state index in [4.69, 9.17) is 0 Å². The number of halogens is 3. The van der Waals surface area contributed by atoms with Crippen molar-refractivity contribution in [1.82, 2.24) is 24.5 Å². The Bertz CT molecular complexity index is 1210. The monoisotopic (exact) mass is 427 g/mol. The summed E-state index contributed by atoms with van der Waals surface area (Å²) in [5.74, 6) is -1.96. The van der Waals surface area contributed by atoms with Gasteiger partial charge >= 0.3 is 0 Å². The summed E-state index contributed by atoms with van der Waals surface area (Å²) in [6.45, 7) is 3.32. The average molecular weight is 427 g/mol. The molecule has 0 saturated heterocycles. The zero-order valence-electron chi connectivity index (χ0n) is 16.9. The van der Waals surface area contributed by atoms with Crippen molar-refractivity contribution < 1.29 is 18.3 Å². The van der Waals surface area contributed by atoms with Gasteiger partial charge in [-0.15, -0.1) is 0 Å². The predicted molar refractivity (Wildman–Crippen MR) is 107 cm³/mol. The molecule has 0 aliphatic carbocycles. The summed E-state index contributed by atoms with van der Waals surface area (Å²) in [6, 6.07) is 6.69. The van der Waals surface area contributed by atoms with Gasteiger partial charge in [-0.3, -0.25) is 4.68 Å². The SMILES string of the molecule is Cc1cc(F)ccc1-c1cnn([C@H](C)[C@](O)(Cn2cncn2)c2ccc(F)cc2F)c1. The Morgan fingerprint density at radius 1 is 1.06 bits per heavy atom. The van der Waals surface area contributed by atoms with Gasteiger partial charge in [0.15, 0.2) is 0 Å². The number of rotatable bonds is 6. The second-order valence-electron chi connectivity index (χ2n) is 7.49. The molecule has 9 heteroatoms. The fourth-order valence-electron chi connectivity index (χ4n) is 3.70. The van der Waals surface area contributed by atoms with Crippen molar-refractivity contribution in [2.75, 3.05) is 0 Å². The van der Waals surface area contributed by atoms with Gasteiger partial charge < -0.3 is 5.11 Å². The molecule has 6 nitrogen and oxygen atoms in total. The lowest BCUT2D eigenvalue weighted by Crippen LogP contribution is -2.40. The van der Waals surface area contributed by atoms with E-state index >= 15 is 0 Å². The van der Waals surface area contributed by atoms with Crippen LogP contribution in [0.15, 0.2) is 61.4 Å². The number of benzene rings is 2. The first-order valence-corrected chi connectivity index (χ1v) is 9.59. The molecule has 31 heavy (non-hydrogen) atoms. The maximum Gasteiger partial charge on any atom is 0.137 e.